The number of amides is 1. The van der Waals surface area contributed by atoms with Gasteiger partial charge in [-0.15, -0.1) is 11.3 Å². The molecule has 0 bridgehead atoms. The summed E-state index contributed by atoms with van der Waals surface area (Å²) in [6, 6.07) is 13.7. The molecule has 1 aliphatic heterocycles. The van der Waals surface area contributed by atoms with Gasteiger partial charge in [-0.25, -0.2) is 4.98 Å². The lowest BCUT2D eigenvalue weighted by molar-refractivity contribution is 0.0570. The Kier molecular flexibility index (Phi) is 5.58. The summed E-state index contributed by atoms with van der Waals surface area (Å²) < 4.78 is 6.12. The molecule has 4 heterocycles. The van der Waals surface area contributed by atoms with Crippen molar-refractivity contribution in [3.05, 3.63) is 89.3 Å². The first-order valence-electron chi connectivity index (χ1n) is 10.4. The molecule has 0 unspecified atom stereocenters. The van der Waals surface area contributed by atoms with Crippen LogP contribution in [0.15, 0.2) is 71.0 Å². The summed E-state index contributed by atoms with van der Waals surface area (Å²) in [6.07, 6.45) is 8.78. The number of oxazole rings is 1. The molecule has 5 rings (SSSR count). The Bertz CT molecular complexity index is 1160. The molecule has 31 heavy (non-hydrogen) atoms. The quantitative estimate of drug-likeness (QED) is 0.438. The Morgan fingerprint density at radius 3 is 2.84 bits per heavy atom. The van der Waals surface area contributed by atoms with E-state index < -0.39 is 0 Å². The van der Waals surface area contributed by atoms with Crippen molar-refractivity contribution in [1.29, 1.82) is 0 Å². The summed E-state index contributed by atoms with van der Waals surface area (Å²) in [7, 11) is 0. The predicted molar refractivity (Wildman–Crippen MR) is 119 cm³/mol. The average molecular weight is 431 g/mol. The van der Waals surface area contributed by atoms with E-state index in [1.54, 1.807) is 30.2 Å². The molecule has 3 aromatic heterocycles. The van der Waals surface area contributed by atoms with E-state index >= 15 is 0 Å². The molecule has 0 radical (unpaired) electrons. The highest BCUT2D eigenvalue weighted by Gasteiger charge is 2.33. The Hall–Kier alpha value is -3.32. The van der Waals surface area contributed by atoms with E-state index in [1.807, 2.05) is 29.2 Å². The van der Waals surface area contributed by atoms with Crippen molar-refractivity contribution in [2.45, 2.75) is 31.7 Å². The van der Waals surface area contributed by atoms with Crippen LogP contribution in [0.25, 0.3) is 10.6 Å². The number of rotatable bonds is 5. The second-order valence-electron chi connectivity index (χ2n) is 7.60. The first kappa shape index (κ1) is 19.6. The van der Waals surface area contributed by atoms with Crippen LogP contribution in [0.2, 0.25) is 0 Å². The van der Waals surface area contributed by atoms with Crippen LogP contribution in [-0.4, -0.2) is 32.3 Å². The van der Waals surface area contributed by atoms with Crippen LogP contribution in [0.5, 0.6) is 0 Å². The van der Waals surface area contributed by atoms with Crippen LogP contribution >= 0.6 is 11.3 Å². The molecule has 156 valence electrons. The normalized spacial score (nSPS) is 16.4. The maximum Gasteiger partial charge on any atom is 0.256 e. The summed E-state index contributed by atoms with van der Waals surface area (Å²) in [5, 5.41) is 0. The topological polar surface area (TPSA) is 72.1 Å². The third kappa shape index (κ3) is 4.14. The minimum absolute atomic E-state index is 0.0380. The highest BCUT2D eigenvalue weighted by Crippen LogP contribution is 2.34. The van der Waals surface area contributed by atoms with E-state index in [2.05, 4.69) is 27.1 Å². The molecule has 1 aliphatic rings. The lowest BCUT2D eigenvalue weighted by Gasteiger charge is -2.34. The minimum atomic E-state index is -0.166. The average Bonchev–Trinajstić information content (AvgIpc) is 3.52. The SMILES string of the molecule is O=C(c1cccnc1-c1cncs1)N1CCCC[C@H]1c1ncc(Cc2ccccc2)o1. The third-order valence-electron chi connectivity index (χ3n) is 5.55. The first-order valence-corrected chi connectivity index (χ1v) is 11.3. The number of carbonyl (C=O) groups excluding carboxylic acids is 1. The number of hydrogen-bond donors (Lipinski definition) is 0. The van der Waals surface area contributed by atoms with Crippen molar-refractivity contribution in [2.75, 3.05) is 6.54 Å². The number of nitrogens with zero attached hydrogens (tertiary/aromatic N) is 4. The van der Waals surface area contributed by atoms with E-state index in [1.165, 1.54) is 16.9 Å². The highest BCUT2D eigenvalue weighted by molar-refractivity contribution is 7.13. The van der Waals surface area contributed by atoms with Gasteiger partial charge in [0.1, 0.15) is 11.8 Å². The summed E-state index contributed by atoms with van der Waals surface area (Å²) in [5.41, 5.74) is 4.20. The van der Waals surface area contributed by atoms with Gasteiger partial charge >= 0.3 is 0 Å². The summed E-state index contributed by atoms with van der Waals surface area (Å²) >= 11 is 1.48. The molecule has 1 fully saturated rings. The molecular weight excluding hydrogens is 408 g/mol. The Balaban J connectivity index is 1.41. The molecular formula is C24H22N4O2S. The van der Waals surface area contributed by atoms with Gasteiger partial charge < -0.3 is 9.32 Å². The molecule has 6 nitrogen and oxygen atoms in total. The molecule has 0 aliphatic carbocycles. The molecule has 0 saturated carbocycles. The highest BCUT2D eigenvalue weighted by atomic mass is 32.1. The van der Waals surface area contributed by atoms with Crippen molar-refractivity contribution in [2.24, 2.45) is 0 Å². The number of hydrogen-bond acceptors (Lipinski definition) is 6. The Morgan fingerprint density at radius 2 is 2.00 bits per heavy atom. The van der Waals surface area contributed by atoms with Gasteiger partial charge in [-0.2, -0.15) is 0 Å². The second kappa shape index (κ2) is 8.81. The Labute approximate surface area is 184 Å². The van der Waals surface area contributed by atoms with Gasteiger partial charge in [0.05, 0.1) is 27.8 Å². The van der Waals surface area contributed by atoms with Crippen LogP contribution in [0, 0.1) is 0 Å². The summed E-state index contributed by atoms with van der Waals surface area (Å²) in [4.78, 5) is 29.5. The molecule has 7 heteroatoms. The van der Waals surface area contributed by atoms with E-state index in [0.29, 0.717) is 30.1 Å². The van der Waals surface area contributed by atoms with Gasteiger partial charge in [-0.05, 0) is 37.0 Å². The fourth-order valence-corrected chi connectivity index (χ4v) is 4.68. The number of pyridine rings is 1. The van der Waals surface area contributed by atoms with Crippen LogP contribution < -0.4 is 0 Å². The van der Waals surface area contributed by atoms with E-state index in [9.17, 15) is 4.79 Å². The number of aromatic nitrogens is 3. The van der Waals surface area contributed by atoms with Crippen LogP contribution in [0.1, 0.15) is 52.9 Å². The maximum atomic E-state index is 13.6. The third-order valence-corrected chi connectivity index (χ3v) is 6.32. The van der Waals surface area contributed by atoms with E-state index in [0.717, 1.165) is 29.9 Å². The largest absolute Gasteiger partial charge is 0.443 e. The van der Waals surface area contributed by atoms with E-state index in [-0.39, 0.29) is 11.9 Å². The number of thiazole rings is 1. The van der Waals surface area contributed by atoms with E-state index in [4.69, 9.17) is 4.42 Å². The maximum absolute atomic E-state index is 13.6. The number of carbonyl (C=O) groups is 1. The van der Waals surface area contributed by atoms with Crippen molar-refractivity contribution < 1.29 is 9.21 Å². The van der Waals surface area contributed by atoms with Gasteiger partial charge in [-0.3, -0.25) is 14.8 Å². The van der Waals surface area contributed by atoms with Crippen LogP contribution in [0.3, 0.4) is 0 Å². The molecule has 0 N–H and O–H groups in total. The van der Waals surface area contributed by atoms with Crippen molar-refractivity contribution in [1.82, 2.24) is 19.9 Å². The van der Waals surface area contributed by atoms with Crippen LogP contribution in [-0.2, 0) is 6.42 Å². The van der Waals surface area contributed by atoms with Gasteiger partial charge in [0.25, 0.3) is 5.91 Å². The number of piperidine rings is 1. The lowest BCUT2D eigenvalue weighted by Crippen LogP contribution is -2.39. The van der Waals surface area contributed by atoms with Crippen LogP contribution in [0.4, 0.5) is 0 Å². The fraction of sp³-hybridized carbons (Fsp3) is 0.250. The molecule has 1 aromatic carbocycles. The van der Waals surface area contributed by atoms with Crippen molar-refractivity contribution >= 4 is 17.2 Å². The standard InChI is InChI=1S/C24H22N4O2S/c29-24(19-9-6-11-26-22(19)21-15-25-16-31-21)28-12-5-4-10-20(28)23-27-14-18(30-23)13-17-7-2-1-3-8-17/h1-3,6-9,11,14-16,20H,4-5,10,12-13H2/t20-/m0/s1. The smallest absolute Gasteiger partial charge is 0.256 e. The van der Waals surface area contributed by atoms with Gasteiger partial charge in [0, 0.05) is 25.4 Å². The van der Waals surface area contributed by atoms with Gasteiger partial charge in [0.15, 0.2) is 0 Å². The minimum Gasteiger partial charge on any atom is -0.443 e. The van der Waals surface area contributed by atoms with Crippen molar-refractivity contribution in [3.8, 4) is 10.6 Å². The van der Waals surface area contributed by atoms with Gasteiger partial charge in [-0.1, -0.05) is 30.3 Å². The molecule has 0 spiro atoms. The monoisotopic (exact) mass is 430 g/mol. The van der Waals surface area contributed by atoms with Crippen molar-refractivity contribution in [3.63, 3.8) is 0 Å². The second-order valence-corrected chi connectivity index (χ2v) is 8.49. The Morgan fingerprint density at radius 1 is 1.10 bits per heavy atom. The zero-order chi connectivity index (χ0) is 21.0. The number of likely N-dealkylation sites (tertiary alicyclic amines) is 1. The lowest BCUT2D eigenvalue weighted by atomic mass is 10.00. The molecule has 1 amide bonds. The summed E-state index contributed by atoms with van der Waals surface area (Å²) in [5.74, 6) is 1.39. The fourth-order valence-electron chi connectivity index (χ4n) is 4.05. The zero-order valence-electron chi connectivity index (χ0n) is 17.0. The predicted octanol–water partition coefficient (Wildman–Crippen LogP) is 5.15. The number of benzene rings is 1. The molecule has 1 saturated heterocycles. The molecule has 1 atom stereocenters. The zero-order valence-corrected chi connectivity index (χ0v) is 17.8. The van der Waals surface area contributed by atoms with Gasteiger partial charge in [0.2, 0.25) is 5.89 Å². The first-order chi connectivity index (χ1) is 15.3. The molecule has 4 aromatic rings. The summed E-state index contributed by atoms with van der Waals surface area (Å²) in [6.45, 7) is 0.678.